The number of aromatic nitrogens is 4. The average molecular weight is 789 g/mol. The summed E-state index contributed by atoms with van der Waals surface area (Å²) in [5, 5.41) is 20.8. The Hall–Kier alpha value is -4.14. The number of aliphatic hydroxyl groups excluding tert-OH is 1. The Bertz CT molecular complexity index is 1790. The lowest BCUT2D eigenvalue weighted by molar-refractivity contribution is -0.150. The quantitative estimate of drug-likeness (QED) is 0.268. The van der Waals surface area contributed by atoms with Gasteiger partial charge in [-0.3, -0.25) is 24.0 Å². The van der Waals surface area contributed by atoms with Crippen LogP contribution in [0.15, 0.2) is 53.5 Å². The summed E-state index contributed by atoms with van der Waals surface area (Å²) >= 11 is 0. The molecule has 4 aliphatic heterocycles. The fraction of sp³-hybridized carbons (Fsp3) is 0.674. The van der Waals surface area contributed by atoms with E-state index in [9.17, 15) is 14.4 Å². The van der Waals surface area contributed by atoms with Gasteiger partial charge in [0.15, 0.2) is 0 Å². The minimum absolute atomic E-state index is 0. The minimum Gasteiger partial charge on any atom is -0.428 e. The molecule has 6 fully saturated rings. The van der Waals surface area contributed by atoms with E-state index in [0.29, 0.717) is 62.5 Å². The molecular weight excluding hydrogens is 725 g/mol. The van der Waals surface area contributed by atoms with Crippen LogP contribution in [-0.4, -0.2) is 116 Å². The molecule has 6 aliphatic rings. The number of nitrogens with zero attached hydrogens (tertiary/aromatic N) is 7. The zero-order valence-electron chi connectivity index (χ0n) is 34.0. The third-order valence-electron chi connectivity index (χ3n) is 13.2. The number of hydrogen-bond acceptors (Lipinski definition) is 10. The van der Waals surface area contributed by atoms with Crippen molar-refractivity contribution in [2.24, 2.45) is 34.3 Å². The van der Waals surface area contributed by atoms with Crippen LogP contribution >= 0.6 is 0 Å². The van der Waals surface area contributed by atoms with E-state index in [0.717, 1.165) is 43.8 Å². The highest BCUT2D eigenvalue weighted by Crippen LogP contribution is 2.54. The Labute approximate surface area is 338 Å². The summed E-state index contributed by atoms with van der Waals surface area (Å²) in [4.78, 5) is 44.1. The zero-order chi connectivity index (χ0) is 40.2. The number of piperidine rings is 1. The molecule has 57 heavy (non-hydrogen) atoms. The molecule has 3 aromatic rings. The summed E-state index contributed by atoms with van der Waals surface area (Å²) < 4.78 is 12.7. The number of benzene rings is 1. The van der Waals surface area contributed by atoms with Gasteiger partial charge in [-0.2, -0.15) is 5.10 Å². The maximum absolute atomic E-state index is 13.2. The Kier molecular flexibility index (Phi) is 12.8. The van der Waals surface area contributed by atoms with Gasteiger partial charge in [0.05, 0.1) is 30.3 Å². The third-order valence-corrected chi connectivity index (χ3v) is 13.2. The molecule has 3 amide bonds. The number of carbonyl (C=O) groups excluding carboxylic acids is 3. The number of hydrogen-bond donors (Lipinski definition) is 2. The van der Waals surface area contributed by atoms with Gasteiger partial charge in [0, 0.05) is 70.7 Å². The van der Waals surface area contributed by atoms with Crippen LogP contribution in [0.5, 0.6) is 0 Å². The number of epoxide rings is 1. The highest BCUT2D eigenvalue weighted by atomic mass is 16.6. The van der Waals surface area contributed by atoms with E-state index in [4.69, 9.17) is 20.0 Å². The zero-order valence-corrected chi connectivity index (χ0v) is 34.0. The van der Waals surface area contributed by atoms with Crippen LogP contribution < -0.4 is 5.73 Å². The smallest absolute Gasteiger partial charge is 0.257 e. The molecule has 0 bridgehead atoms. The first-order valence-corrected chi connectivity index (χ1v) is 21.2. The van der Waals surface area contributed by atoms with Crippen LogP contribution in [0, 0.1) is 28.6 Å². The number of primary amides is 1. The van der Waals surface area contributed by atoms with Crippen LogP contribution in [0.1, 0.15) is 114 Å². The molecule has 14 heteroatoms. The van der Waals surface area contributed by atoms with Gasteiger partial charge in [-0.15, -0.1) is 10.2 Å². The van der Waals surface area contributed by atoms with Gasteiger partial charge in [-0.25, -0.2) is 0 Å². The highest BCUT2D eigenvalue weighted by Gasteiger charge is 2.61. The molecule has 2 saturated carbocycles. The average Bonchev–Trinajstić information content (AvgIpc) is 3.76. The first-order chi connectivity index (χ1) is 27.5. The van der Waals surface area contributed by atoms with Gasteiger partial charge in [0.25, 0.3) is 5.91 Å². The van der Waals surface area contributed by atoms with Crippen LogP contribution in [-0.2, 0) is 20.9 Å². The predicted octanol–water partition coefficient (Wildman–Crippen LogP) is 4.94. The van der Waals surface area contributed by atoms with E-state index < -0.39 is 17.2 Å². The minimum atomic E-state index is -0.443. The van der Waals surface area contributed by atoms with Crippen LogP contribution in [0.25, 0.3) is 0 Å². The van der Waals surface area contributed by atoms with Crippen molar-refractivity contribution < 1.29 is 30.1 Å². The maximum atomic E-state index is 13.2. The van der Waals surface area contributed by atoms with Crippen LogP contribution in [0.3, 0.4) is 0 Å². The van der Waals surface area contributed by atoms with E-state index in [1.807, 2.05) is 35.2 Å². The molecular formula is C43H64N8O6. The number of amides is 3. The molecule has 312 valence electrons. The summed E-state index contributed by atoms with van der Waals surface area (Å²) in [5.74, 6) is 1.12. The Morgan fingerprint density at radius 3 is 2.28 bits per heavy atom. The summed E-state index contributed by atoms with van der Waals surface area (Å²) in [6.07, 6.45) is 17.7. The Morgan fingerprint density at radius 1 is 0.982 bits per heavy atom. The molecule has 4 atom stereocenters. The molecule has 9 rings (SSSR count). The Morgan fingerprint density at radius 2 is 1.68 bits per heavy atom. The summed E-state index contributed by atoms with van der Waals surface area (Å²) in [5.41, 5.74) is 6.94. The predicted molar refractivity (Wildman–Crippen MR) is 214 cm³/mol. The first-order valence-electron chi connectivity index (χ1n) is 21.2. The summed E-state index contributed by atoms with van der Waals surface area (Å²) in [7, 11) is 0. The molecule has 2 aliphatic carbocycles. The van der Waals surface area contributed by atoms with E-state index >= 15 is 0 Å². The van der Waals surface area contributed by atoms with Crippen molar-refractivity contribution in [1.29, 1.82) is 0 Å². The lowest BCUT2D eigenvalue weighted by Crippen LogP contribution is -2.64. The molecule has 2 aromatic heterocycles. The monoisotopic (exact) mass is 788 g/mol. The second kappa shape index (κ2) is 17.8. The lowest BCUT2D eigenvalue weighted by atomic mass is 9.71. The van der Waals surface area contributed by atoms with Crippen molar-refractivity contribution in [3.05, 3.63) is 66.1 Å². The van der Waals surface area contributed by atoms with Gasteiger partial charge in [-0.1, -0.05) is 76.8 Å². The molecule has 14 nitrogen and oxygen atoms in total. The Balaban J connectivity index is 0.000000181. The van der Waals surface area contributed by atoms with Crippen molar-refractivity contribution in [2.75, 3.05) is 45.9 Å². The number of carbonyl (C=O) groups is 3. The number of ether oxygens (including phenoxy) is 1. The number of rotatable bonds is 10. The molecule has 6 heterocycles. The SMILES string of the molecule is CC1(C)C[C@@H]1C(=O)N1CC2(CN(C(=O)c3cnn(Cc4ccccc4)c3)C[C@H]2C(N)=O)C1.CCCC1OC1N1CCC(c2nnco2)CC1.OCC1CCCCC1.[HH]. The van der Waals surface area contributed by atoms with Gasteiger partial charge < -0.3 is 29.8 Å². The van der Waals surface area contributed by atoms with Crippen LogP contribution in [0.2, 0.25) is 0 Å². The molecule has 1 aromatic carbocycles. The normalized spacial score (nSPS) is 26.5. The lowest BCUT2D eigenvalue weighted by Gasteiger charge is -2.50. The van der Waals surface area contributed by atoms with Gasteiger partial charge in [0.2, 0.25) is 24.1 Å². The van der Waals surface area contributed by atoms with Crippen molar-refractivity contribution in [2.45, 2.75) is 110 Å². The summed E-state index contributed by atoms with van der Waals surface area (Å²) in [6, 6.07) is 9.92. The highest BCUT2D eigenvalue weighted by molar-refractivity contribution is 5.95. The van der Waals surface area contributed by atoms with E-state index in [1.54, 1.807) is 22.0 Å². The fourth-order valence-electron chi connectivity index (χ4n) is 9.41. The van der Waals surface area contributed by atoms with E-state index in [2.05, 4.69) is 41.0 Å². The maximum Gasteiger partial charge on any atom is 0.257 e. The number of nitrogens with two attached hydrogens (primary N) is 1. The van der Waals surface area contributed by atoms with Crippen LogP contribution in [0.4, 0.5) is 0 Å². The molecule has 3 N–H and O–H groups in total. The summed E-state index contributed by atoms with van der Waals surface area (Å²) in [6.45, 7) is 11.3. The largest absolute Gasteiger partial charge is 0.428 e. The van der Waals surface area contributed by atoms with E-state index in [1.165, 1.54) is 51.3 Å². The van der Waals surface area contributed by atoms with Crippen molar-refractivity contribution in [1.82, 2.24) is 34.7 Å². The molecule has 0 radical (unpaired) electrons. The molecule has 4 saturated heterocycles. The first kappa shape index (κ1) is 41.0. The molecule has 1 spiro atoms. The number of aliphatic hydroxyl groups is 1. The topological polar surface area (TPSA) is 176 Å². The van der Waals surface area contributed by atoms with E-state index in [-0.39, 0.29) is 31.1 Å². The second-order valence-electron chi connectivity index (χ2n) is 18.0. The fourth-order valence-corrected chi connectivity index (χ4v) is 9.41. The standard InChI is InChI=1S/C24H29N5O3.C12H19N3O2.C7H14O.H2/c1-23(2)8-18(23)22(32)28-14-24(15-28)13-27(12-19(24)20(25)30)21(31)17-9-26-29(11-17)10-16-6-4-3-5-7-16;1-2-3-10-12(17-10)15-6-4-9(5-7-15)11-14-13-8-16-11;8-6-7-4-2-1-3-5-7;/h3-7,9,11,18-19H,8,10,12-15H2,1-2H3,(H2,25,30);8-10,12H,2-7H2,1H3;7-8H,1-6H2;1H/t18-,19+;;;/m1.../s1. The van der Waals surface area contributed by atoms with Crippen molar-refractivity contribution >= 4 is 17.7 Å². The van der Waals surface area contributed by atoms with Gasteiger partial charge >= 0.3 is 0 Å². The van der Waals surface area contributed by atoms with Crippen molar-refractivity contribution in [3.8, 4) is 0 Å². The van der Waals surface area contributed by atoms with Gasteiger partial charge in [-0.05, 0) is 55.4 Å². The third kappa shape index (κ3) is 9.77. The van der Waals surface area contributed by atoms with Gasteiger partial charge in [0.1, 0.15) is 6.23 Å². The van der Waals surface area contributed by atoms with Crippen molar-refractivity contribution in [3.63, 3.8) is 0 Å². The number of likely N-dealkylation sites (tertiary alicyclic amines) is 3. The second-order valence-corrected chi connectivity index (χ2v) is 18.0. The molecule has 2 unspecified atom stereocenters.